The highest BCUT2D eigenvalue weighted by Crippen LogP contribution is 2.22. The molecule has 0 aromatic rings. The molecule has 0 amide bonds. The average molecular weight is 163 g/mol. The van der Waals surface area contributed by atoms with Gasteiger partial charge in [-0.25, -0.2) is 4.79 Å². The minimum absolute atomic E-state index is 0.332. The molecule has 0 aliphatic heterocycles. The molecule has 2 heteroatoms. The van der Waals surface area contributed by atoms with Gasteiger partial charge in [0.2, 0.25) is 0 Å². The summed E-state index contributed by atoms with van der Waals surface area (Å²) in [6, 6.07) is 0. The molecule has 0 N–H and O–H groups in total. The highest BCUT2D eigenvalue weighted by Gasteiger charge is 2.18. The van der Waals surface area contributed by atoms with Crippen LogP contribution in [-0.2, 0) is 9.53 Å². The van der Waals surface area contributed by atoms with Crippen molar-refractivity contribution in [2.24, 2.45) is 0 Å². The Bertz CT molecular complexity index is 178. The fourth-order valence-electron chi connectivity index (χ4n) is 0.782. The predicted molar refractivity (Wildman–Crippen MR) is 46.2 cm³/mol. The van der Waals surface area contributed by atoms with Gasteiger partial charge in [0.1, 0.15) is 0 Å². The number of rotatable bonds is 3. The minimum atomic E-state index is -0.337. The van der Waals surface area contributed by atoms with Crippen molar-refractivity contribution in [3.63, 3.8) is 0 Å². The second-order valence-electron chi connectivity index (χ2n) is 2.65. The van der Waals surface area contributed by atoms with Crippen LogP contribution in [0.25, 0.3) is 0 Å². The normalized spacial score (nSPS) is 17.8. The van der Waals surface area contributed by atoms with Gasteiger partial charge in [0, 0.05) is 11.5 Å². The highest BCUT2D eigenvalue weighted by atomic mass is 16.5. The van der Waals surface area contributed by atoms with Crippen LogP contribution in [0.5, 0.6) is 0 Å². The molecule has 12 heavy (non-hydrogen) atoms. The van der Waals surface area contributed by atoms with Gasteiger partial charge in [0.05, 0.1) is 6.61 Å². The fourth-order valence-corrected chi connectivity index (χ4v) is 0.782. The molecule has 1 aliphatic carbocycles. The lowest BCUT2D eigenvalue weighted by molar-refractivity contribution is -0.138. The first-order chi connectivity index (χ1) is 5.70. The summed E-state index contributed by atoms with van der Waals surface area (Å²) in [6.07, 6.45) is 7.63. The smallest absolute Gasteiger partial charge is 0.333 e. The topological polar surface area (TPSA) is 26.3 Å². The van der Waals surface area contributed by atoms with E-state index in [1.54, 1.807) is 6.92 Å². The van der Waals surface area contributed by atoms with Crippen LogP contribution in [0.15, 0.2) is 12.2 Å². The maximum atomic E-state index is 10.9. The summed E-state index contributed by atoms with van der Waals surface area (Å²) in [6.45, 7) is 5.44. The van der Waals surface area contributed by atoms with Crippen LogP contribution in [0.4, 0.5) is 0 Å². The first kappa shape index (κ1) is 9.30. The van der Waals surface area contributed by atoms with Crippen LogP contribution in [0.2, 0.25) is 0 Å². The lowest BCUT2D eigenvalue weighted by Crippen LogP contribution is -2.11. The van der Waals surface area contributed by atoms with Crippen LogP contribution in [0.3, 0.4) is 0 Å². The third-order valence-electron chi connectivity index (χ3n) is 1.45. The Morgan fingerprint density at radius 2 is 2.08 bits per heavy atom. The van der Waals surface area contributed by atoms with Crippen LogP contribution in [-0.4, -0.2) is 12.6 Å². The van der Waals surface area contributed by atoms with Gasteiger partial charge in [0.25, 0.3) is 0 Å². The Morgan fingerprint density at radius 1 is 1.50 bits per heavy atom. The Labute approximate surface area is 73.6 Å². The average Bonchev–Trinajstić information content (AvgIpc) is 2.51. The molecule has 0 heterocycles. The predicted octanol–water partition coefficient (Wildman–Crippen LogP) is 1.51. The Hall–Kier alpha value is -0.790. The van der Waals surface area contributed by atoms with Crippen molar-refractivity contribution < 1.29 is 9.53 Å². The summed E-state index contributed by atoms with van der Waals surface area (Å²) in [5.41, 5.74) is 0.432. The third kappa shape index (κ3) is 2.68. The van der Waals surface area contributed by atoms with E-state index in [0.29, 0.717) is 12.2 Å². The second kappa shape index (κ2) is 4.29. The molecule has 1 rings (SSSR count). The zero-order valence-electron chi connectivity index (χ0n) is 7.04. The molecule has 0 spiro atoms. The van der Waals surface area contributed by atoms with Gasteiger partial charge in [0.15, 0.2) is 0 Å². The second-order valence-corrected chi connectivity index (χ2v) is 2.65. The number of esters is 1. The largest absolute Gasteiger partial charge is 0.462 e. The molecule has 0 bridgehead atoms. The molecule has 63 valence electrons. The first-order valence-corrected chi connectivity index (χ1v) is 3.73. The zero-order valence-corrected chi connectivity index (χ0v) is 7.04. The van der Waals surface area contributed by atoms with Gasteiger partial charge in [-0.15, -0.1) is 0 Å². The monoisotopic (exact) mass is 163 g/mol. The Morgan fingerprint density at radius 3 is 2.58 bits per heavy atom. The van der Waals surface area contributed by atoms with E-state index in [1.807, 2.05) is 25.7 Å². The molecule has 0 unspecified atom stereocenters. The standard InChI is InChI=1S/C10H11O2/c1-8(2)10(11)12-7-9-5-3-4-6-9/h3-6H,1,7H2,2H3. The van der Waals surface area contributed by atoms with Crippen LogP contribution >= 0.6 is 0 Å². The maximum Gasteiger partial charge on any atom is 0.333 e. The van der Waals surface area contributed by atoms with E-state index in [2.05, 4.69) is 6.58 Å². The van der Waals surface area contributed by atoms with Gasteiger partial charge < -0.3 is 4.74 Å². The van der Waals surface area contributed by atoms with E-state index in [1.165, 1.54) is 0 Å². The van der Waals surface area contributed by atoms with Crippen LogP contribution in [0.1, 0.15) is 6.92 Å². The van der Waals surface area contributed by atoms with Crippen molar-refractivity contribution in [1.29, 1.82) is 0 Å². The lowest BCUT2D eigenvalue weighted by Gasteiger charge is -2.08. The van der Waals surface area contributed by atoms with Crippen molar-refractivity contribution in [3.8, 4) is 0 Å². The third-order valence-corrected chi connectivity index (χ3v) is 1.45. The van der Waals surface area contributed by atoms with E-state index < -0.39 is 0 Å². The van der Waals surface area contributed by atoms with E-state index in [4.69, 9.17) is 4.74 Å². The molecule has 1 fully saturated rings. The molecule has 1 aliphatic rings. The van der Waals surface area contributed by atoms with Gasteiger partial charge in [-0.2, -0.15) is 0 Å². The number of ether oxygens (including phenoxy) is 1. The molecule has 1 saturated carbocycles. The summed E-state index contributed by atoms with van der Waals surface area (Å²) in [4.78, 5) is 10.9. The Kier molecular flexibility index (Phi) is 3.32. The van der Waals surface area contributed by atoms with Crippen LogP contribution in [0, 0.1) is 31.6 Å². The fraction of sp³-hybridized carbons (Fsp3) is 0.200. The molecule has 0 aromatic carbocycles. The van der Waals surface area contributed by atoms with Gasteiger partial charge >= 0.3 is 5.97 Å². The zero-order chi connectivity index (χ0) is 8.97. The van der Waals surface area contributed by atoms with Gasteiger partial charge in [-0.3, -0.25) is 0 Å². The number of hydrogen-bond donors (Lipinski definition) is 0. The van der Waals surface area contributed by atoms with E-state index >= 15 is 0 Å². The van der Waals surface area contributed by atoms with E-state index in [9.17, 15) is 4.79 Å². The van der Waals surface area contributed by atoms with Crippen molar-refractivity contribution in [2.75, 3.05) is 6.61 Å². The summed E-state index contributed by atoms with van der Waals surface area (Å²) in [5, 5.41) is 0. The van der Waals surface area contributed by atoms with Gasteiger partial charge in [-0.1, -0.05) is 6.58 Å². The number of carbonyl (C=O) groups is 1. The molecule has 0 saturated heterocycles. The maximum absolute atomic E-state index is 10.9. The van der Waals surface area contributed by atoms with Crippen molar-refractivity contribution in [3.05, 3.63) is 43.8 Å². The SMILES string of the molecule is C=C(C)C(=O)OC[C]1[CH][CH][CH][CH]1. The first-order valence-electron chi connectivity index (χ1n) is 3.73. The Balaban J connectivity index is 2.16. The number of hydrogen-bond acceptors (Lipinski definition) is 2. The molecule has 2 nitrogen and oxygen atoms in total. The van der Waals surface area contributed by atoms with Crippen molar-refractivity contribution in [1.82, 2.24) is 0 Å². The highest BCUT2D eigenvalue weighted by molar-refractivity contribution is 5.87. The summed E-state index contributed by atoms with van der Waals surface area (Å²) in [7, 11) is 0. The summed E-state index contributed by atoms with van der Waals surface area (Å²) >= 11 is 0. The summed E-state index contributed by atoms with van der Waals surface area (Å²) in [5.74, 6) is 0.667. The lowest BCUT2D eigenvalue weighted by atomic mass is 10.1. The minimum Gasteiger partial charge on any atom is -0.462 e. The van der Waals surface area contributed by atoms with Crippen LogP contribution < -0.4 is 0 Å². The van der Waals surface area contributed by atoms with E-state index in [-0.39, 0.29) is 5.97 Å². The van der Waals surface area contributed by atoms with E-state index in [0.717, 1.165) is 5.92 Å². The molecule has 0 atom stereocenters. The molecular formula is C10H11O2. The molecular weight excluding hydrogens is 152 g/mol. The molecule has 0 aromatic heterocycles. The van der Waals surface area contributed by atoms with Gasteiger partial charge in [-0.05, 0) is 32.6 Å². The van der Waals surface area contributed by atoms with Crippen molar-refractivity contribution in [2.45, 2.75) is 6.92 Å². The quantitative estimate of drug-likeness (QED) is 0.465. The van der Waals surface area contributed by atoms with Crippen molar-refractivity contribution >= 4 is 5.97 Å². The molecule has 5 radical (unpaired) electrons. The number of carbonyl (C=O) groups excluding carboxylic acids is 1. The summed E-state index contributed by atoms with van der Waals surface area (Å²) < 4.78 is 4.91.